The molecule has 2 unspecified atom stereocenters. The molecule has 0 spiro atoms. The highest BCUT2D eigenvalue weighted by molar-refractivity contribution is 5.24. The molecule has 0 amide bonds. The number of rotatable bonds is 5. The normalized spacial score (nSPS) is 27.4. The van der Waals surface area contributed by atoms with Crippen LogP contribution in [0.4, 0.5) is 4.39 Å². The van der Waals surface area contributed by atoms with Crippen molar-refractivity contribution in [3.8, 4) is 0 Å². The molecule has 2 rings (SSSR count). The van der Waals surface area contributed by atoms with Gasteiger partial charge in [0, 0.05) is 12.6 Å². The second kappa shape index (κ2) is 6.49. The monoisotopic (exact) mass is 265 g/mol. The van der Waals surface area contributed by atoms with Crippen molar-refractivity contribution in [1.29, 1.82) is 0 Å². The van der Waals surface area contributed by atoms with Crippen molar-refractivity contribution in [2.75, 3.05) is 13.2 Å². The first-order valence-electron chi connectivity index (χ1n) is 7.33. The molecule has 0 saturated carbocycles. The van der Waals surface area contributed by atoms with Crippen LogP contribution in [0.15, 0.2) is 24.3 Å². The molecule has 1 saturated heterocycles. The van der Waals surface area contributed by atoms with Crippen LogP contribution in [0, 0.1) is 5.82 Å². The SMILES string of the molecule is CCCNC1CCOC(CC)(c2cccc(F)c2)C1. The number of halogens is 1. The van der Waals surface area contributed by atoms with Crippen LogP contribution in [-0.4, -0.2) is 19.2 Å². The largest absolute Gasteiger partial charge is 0.370 e. The molecule has 0 aliphatic carbocycles. The van der Waals surface area contributed by atoms with E-state index in [1.807, 2.05) is 6.07 Å². The Morgan fingerprint density at radius 2 is 2.26 bits per heavy atom. The van der Waals surface area contributed by atoms with Crippen molar-refractivity contribution in [2.24, 2.45) is 0 Å². The van der Waals surface area contributed by atoms with E-state index in [-0.39, 0.29) is 11.4 Å². The van der Waals surface area contributed by atoms with Crippen molar-refractivity contribution in [2.45, 2.75) is 51.2 Å². The Balaban J connectivity index is 2.17. The molecule has 1 aliphatic rings. The molecule has 1 aliphatic heterocycles. The van der Waals surface area contributed by atoms with Crippen LogP contribution in [0.1, 0.15) is 45.1 Å². The highest BCUT2D eigenvalue weighted by Crippen LogP contribution is 2.38. The van der Waals surface area contributed by atoms with E-state index in [0.717, 1.165) is 44.4 Å². The first kappa shape index (κ1) is 14.5. The minimum absolute atomic E-state index is 0.183. The van der Waals surface area contributed by atoms with E-state index in [9.17, 15) is 4.39 Å². The number of ether oxygens (including phenoxy) is 1. The first-order valence-corrected chi connectivity index (χ1v) is 7.33. The number of hydrogen-bond donors (Lipinski definition) is 1. The molecule has 0 bridgehead atoms. The van der Waals surface area contributed by atoms with Crippen molar-refractivity contribution in [3.05, 3.63) is 35.6 Å². The average molecular weight is 265 g/mol. The van der Waals surface area contributed by atoms with Gasteiger partial charge in [-0.25, -0.2) is 4.39 Å². The molecule has 1 fully saturated rings. The van der Waals surface area contributed by atoms with Crippen molar-refractivity contribution >= 4 is 0 Å². The fraction of sp³-hybridized carbons (Fsp3) is 0.625. The molecule has 0 aromatic heterocycles. The lowest BCUT2D eigenvalue weighted by Gasteiger charge is -2.41. The summed E-state index contributed by atoms with van der Waals surface area (Å²) >= 11 is 0. The van der Waals surface area contributed by atoms with Crippen molar-refractivity contribution in [1.82, 2.24) is 5.32 Å². The predicted octanol–water partition coefficient (Wildman–Crippen LogP) is 3.61. The van der Waals surface area contributed by atoms with Crippen molar-refractivity contribution in [3.63, 3.8) is 0 Å². The minimum Gasteiger partial charge on any atom is -0.370 e. The molecular formula is C16H24FNO. The Labute approximate surface area is 115 Å². The molecule has 0 radical (unpaired) electrons. The van der Waals surface area contributed by atoms with Crippen LogP contribution < -0.4 is 5.32 Å². The van der Waals surface area contributed by atoms with Crippen LogP contribution in [-0.2, 0) is 10.3 Å². The van der Waals surface area contributed by atoms with Crippen LogP contribution in [0.3, 0.4) is 0 Å². The van der Waals surface area contributed by atoms with Gasteiger partial charge in [-0.3, -0.25) is 0 Å². The summed E-state index contributed by atoms with van der Waals surface area (Å²) in [4.78, 5) is 0. The van der Waals surface area contributed by atoms with Gasteiger partial charge in [-0.1, -0.05) is 26.0 Å². The lowest BCUT2D eigenvalue weighted by atomic mass is 9.82. The molecule has 19 heavy (non-hydrogen) atoms. The summed E-state index contributed by atoms with van der Waals surface area (Å²) in [6.45, 7) is 6.07. The van der Waals surface area contributed by atoms with E-state index in [4.69, 9.17) is 4.74 Å². The number of hydrogen-bond acceptors (Lipinski definition) is 2. The Morgan fingerprint density at radius 1 is 1.42 bits per heavy atom. The third-order valence-electron chi connectivity index (χ3n) is 4.03. The number of benzene rings is 1. The summed E-state index contributed by atoms with van der Waals surface area (Å²) in [6, 6.07) is 7.33. The maximum Gasteiger partial charge on any atom is 0.123 e. The molecule has 1 heterocycles. The zero-order valence-electron chi connectivity index (χ0n) is 11.9. The minimum atomic E-state index is -0.328. The Kier molecular flexibility index (Phi) is 4.94. The Morgan fingerprint density at radius 3 is 2.95 bits per heavy atom. The first-order chi connectivity index (χ1) is 9.20. The van der Waals surface area contributed by atoms with Gasteiger partial charge in [-0.15, -0.1) is 0 Å². The Bertz CT molecular complexity index is 409. The molecule has 2 nitrogen and oxygen atoms in total. The molecular weight excluding hydrogens is 241 g/mol. The second-order valence-corrected chi connectivity index (χ2v) is 5.35. The van der Waals surface area contributed by atoms with E-state index in [0.29, 0.717) is 6.04 Å². The van der Waals surface area contributed by atoms with Gasteiger partial charge in [-0.2, -0.15) is 0 Å². The van der Waals surface area contributed by atoms with Gasteiger partial charge >= 0.3 is 0 Å². The number of nitrogens with one attached hydrogen (secondary N) is 1. The van der Waals surface area contributed by atoms with E-state index in [1.165, 1.54) is 6.07 Å². The van der Waals surface area contributed by atoms with Crippen LogP contribution in [0.25, 0.3) is 0 Å². The topological polar surface area (TPSA) is 21.3 Å². The van der Waals surface area contributed by atoms with Crippen LogP contribution >= 0.6 is 0 Å². The van der Waals surface area contributed by atoms with Crippen molar-refractivity contribution < 1.29 is 9.13 Å². The van der Waals surface area contributed by atoms with Gasteiger partial charge < -0.3 is 10.1 Å². The lowest BCUT2D eigenvalue weighted by molar-refractivity contribution is -0.0969. The average Bonchev–Trinajstić information content (AvgIpc) is 2.45. The lowest BCUT2D eigenvalue weighted by Crippen LogP contribution is -2.45. The summed E-state index contributed by atoms with van der Waals surface area (Å²) in [7, 11) is 0. The summed E-state index contributed by atoms with van der Waals surface area (Å²) < 4.78 is 19.5. The third kappa shape index (κ3) is 3.34. The van der Waals surface area contributed by atoms with Gasteiger partial charge in [0.05, 0.1) is 5.60 Å². The zero-order valence-corrected chi connectivity index (χ0v) is 11.9. The quantitative estimate of drug-likeness (QED) is 0.878. The summed E-state index contributed by atoms with van der Waals surface area (Å²) in [6.07, 6.45) is 3.97. The van der Waals surface area contributed by atoms with E-state index in [1.54, 1.807) is 12.1 Å². The second-order valence-electron chi connectivity index (χ2n) is 5.35. The standard InChI is InChI=1S/C16H24FNO/c1-3-9-18-15-8-10-19-16(4-2,12-15)13-6-5-7-14(17)11-13/h5-7,11,15,18H,3-4,8-10,12H2,1-2H3. The summed E-state index contributed by atoms with van der Waals surface area (Å²) in [5.41, 5.74) is 0.643. The van der Waals surface area contributed by atoms with E-state index < -0.39 is 0 Å². The maximum absolute atomic E-state index is 13.5. The van der Waals surface area contributed by atoms with Gasteiger partial charge in [0.1, 0.15) is 5.82 Å². The van der Waals surface area contributed by atoms with Crippen LogP contribution in [0.2, 0.25) is 0 Å². The highest BCUT2D eigenvalue weighted by atomic mass is 19.1. The van der Waals surface area contributed by atoms with Crippen LogP contribution in [0.5, 0.6) is 0 Å². The smallest absolute Gasteiger partial charge is 0.123 e. The zero-order chi connectivity index (χ0) is 13.7. The van der Waals surface area contributed by atoms with Gasteiger partial charge in [0.15, 0.2) is 0 Å². The molecule has 1 aromatic carbocycles. The fourth-order valence-electron chi connectivity index (χ4n) is 2.90. The van der Waals surface area contributed by atoms with E-state index >= 15 is 0 Å². The fourth-order valence-corrected chi connectivity index (χ4v) is 2.90. The van der Waals surface area contributed by atoms with Gasteiger partial charge in [-0.05, 0) is 49.9 Å². The van der Waals surface area contributed by atoms with E-state index in [2.05, 4.69) is 19.2 Å². The highest BCUT2D eigenvalue weighted by Gasteiger charge is 2.37. The van der Waals surface area contributed by atoms with Gasteiger partial charge in [0.25, 0.3) is 0 Å². The Hall–Kier alpha value is -0.930. The molecule has 3 heteroatoms. The van der Waals surface area contributed by atoms with Gasteiger partial charge in [0.2, 0.25) is 0 Å². The predicted molar refractivity (Wildman–Crippen MR) is 75.6 cm³/mol. The molecule has 1 aromatic rings. The summed E-state index contributed by atoms with van der Waals surface area (Å²) in [5, 5.41) is 3.57. The molecule has 2 atom stereocenters. The summed E-state index contributed by atoms with van der Waals surface area (Å²) in [5.74, 6) is -0.183. The third-order valence-corrected chi connectivity index (χ3v) is 4.03. The molecule has 106 valence electrons. The molecule has 1 N–H and O–H groups in total. The maximum atomic E-state index is 13.5.